The number of hydrogen-bond donors (Lipinski definition) is 1. The van der Waals surface area contributed by atoms with Gasteiger partial charge in [0.25, 0.3) is 0 Å². The zero-order chi connectivity index (χ0) is 10.8. The van der Waals surface area contributed by atoms with Gasteiger partial charge in [0.05, 0.1) is 12.7 Å². The molecule has 1 N–H and O–H groups in total. The van der Waals surface area contributed by atoms with Crippen LogP contribution in [0.1, 0.15) is 11.6 Å². The van der Waals surface area contributed by atoms with Crippen LogP contribution in [0.15, 0.2) is 31.2 Å². The average Bonchev–Trinajstić information content (AvgIpc) is 2.82. The second kappa shape index (κ2) is 4.09. The molecule has 0 spiro atoms. The Labute approximate surface area is 94.1 Å². The van der Waals surface area contributed by atoms with Gasteiger partial charge in [-0.25, -0.2) is 9.97 Å². The molecule has 3 heterocycles. The van der Waals surface area contributed by atoms with E-state index in [-0.39, 0.29) is 0 Å². The van der Waals surface area contributed by atoms with Gasteiger partial charge in [-0.05, 0) is 0 Å². The summed E-state index contributed by atoms with van der Waals surface area (Å²) in [5.74, 6) is 0.644. The number of aryl methyl sites for hydroxylation is 2. The van der Waals surface area contributed by atoms with Gasteiger partial charge in [-0.15, -0.1) is 0 Å². The summed E-state index contributed by atoms with van der Waals surface area (Å²) >= 11 is 0. The Bertz CT molecular complexity index is 441. The molecule has 1 aliphatic heterocycles. The molecule has 2 aromatic heterocycles. The van der Waals surface area contributed by atoms with Crippen molar-refractivity contribution in [3.05, 3.63) is 36.9 Å². The van der Waals surface area contributed by atoms with Crippen LogP contribution in [0.25, 0.3) is 0 Å². The highest BCUT2D eigenvalue weighted by atomic mass is 15.1. The van der Waals surface area contributed by atoms with Crippen molar-refractivity contribution < 1.29 is 0 Å². The molecule has 3 rings (SSSR count). The third-order valence-corrected chi connectivity index (χ3v) is 3.10. The monoisotopic (exact) mass is 217 g/mol. The molecule has 16 heavy (non-hydrogen) atoms. The largest absolute Gasteiger partial charge is 0.336 e. The van der Waals surface area contributed by atoms with Crippen molar-refractivity contribution in [1.82, 2.24) is 24.4 Å². The van der Waals surface area contributed by atoms with Crippen LogP contribution in [0.3, 0.4) is 0 Å². The van der Waals surface area contributed by atoms with Gasteiger partial charge < -0.3 is 14.5 Å². The van der Waals surface area contributed by atoms with Crippen LogP contribution in [0.5, 0.6) is 0 Å². The lowest BCUT2D eigenvalue weighted by Crippen LogP contribution is -2.41. The lowest BCUT2D eigenvalue weighted by atomic mass is 10.00. The Morgan fingerprint density at radius 3 is 2.88 bits per heavy atom. The van der Waals surface area contributed by atoms with Gasteiger partial charge in [0.1, 0.15) is 0 Å². The summed E-state index contributed by atoms with van der Waals surface area (Å²) in [6.45, 7) is 4.07. The third kappa shape index (κ3) is 1.74. The van der Waals surface area contributed by atoms with Gasteiger partial charge in [0, 0.05) is 56.4 Å². The van der Waals surface area contributed by atoms with E-state index in [0.717, 1.165) is 26.2 Å². The number of hydrogen-bond acceptors (Lipinski definition) is 3. The van der Waals surface area contributed by atoms with E-state index in [2.05, 4.69) is 24.4 Å². The minimum atomic E-state index is 0.644. The van der Waals surface area contributed by atoms with E-state index in [9.17, 15) is 0 Å². The van der Waals surface area contributed by atoms with Gasteiger partial charge in [0.2, 0.25) is 0 Å². The van der Waals surface area contributed by atoms with Gasteiger partial charge in [0.15, 0.2) is 0 Å². The Balaban J connectivity index is 1.67. The van der Waals surface area contributed by atoms with Crippen molar-refractivity contribution in [3.63, 3.8) is 0 Å². The van der Waals surface area contributed by atoms with Gasteiger partial charge in [-0.3, -0.25) is 0 Å². The van der Waals surface area contributed by atoms with E-state index in [0.29, 0.717) is 5.92 Å². The van der Waals surface area contributed by atoms with Gasteiger partial charge in [-0.1, -0.05) is 0 Å². The van der Waals surface area contributed by atoms with Crippen LogP contribution in [0.2, 0.25) is 0 Å². The molecule has 0 bridgehead atoms. The standard InChI is InChI=1S/C11H15N5/c1-2-15(8-12-1)3-4-16-9-14-7-11(16)10-5-13-6-10/h1-2,7-10,13H,3-6H2. The van der Waals surface area contributed by atoms with Gasteiger partial charge in [-0.2, -0.15) is 0 Å². The predicted molar refractivity (Wildman–Crippen MR) is 60.1 cm³/mol. The van der Waals surface area contributed by atoms with Crippen LogP contribution in [-0.2, 0) is 13.1 Å². The molecule has 0 amide bonds. The summed E-state index contributed by atoms with van der Waals surface area (Å²) in [6.07, 6.45) is 9.55. The Morgan fingerprint density at radius 2 is 2.19 bits per heavy atom. The lowest BCUT2D eigenvalue weighted by Gasteiger charge is -2.27. The summed E-state index contributed by atoms with van der Waals surface area (Å²) in [7, 11) is 0. The summed E-state index contributed by atoms with van der Waals surface area (Å²) in [5, 5.41) is 3.29. The number of imidazole rings is 2. The molecule has 84 valence electrons. The molecule has 0 aliphatic carbocycles. The Hall–Kier alpha value is -1.62. The topological polar surface area (TPSA) is 47.7 Å². The third-order valence-electron chi connectivity index (χ3n) is 3.10. The average molecular weight is 217 g/mol. The minimum absolute atomic E-state index is 0.644. The highest BCUT2D eigenvalue weighted by Gasteiger charge is 2.21. The van der Waals surface area contributed by atoms with Crippen molar-refractivity contribution in [2.75, 3.05) is 13.1 Å². The molecule has 1 aliphatic rings. The smallest absolute Gasteiger partial charge is 0.0948 e. The summed E-state index contributed by atoms with van der Waals surface area (Å²) < 4.78 is 4.33. The summed E-state index contributed by atoms with van der Waals surface area (Å²) in [5.41, 5.74) is 1.35. The number of aromatic nitrogens is 4. The second-order valence-corrected chi connectivity index (χ2v) is 4.17. The molecule has 0 atom stereocenters. The predicted octanol–water partition coefficient (Wildman–Crippen LogP) is 0.467. The Kier molecular flexibility index (Phi) is 2.46. The molecule has 0 aromatic carbocycles. The van der Waals surface area contributed by atoms with Gasteiger partial charge >= 0.3 is 0 Å². The molecule has 0 unspecified atom stereocenters. The lowest BCUT2D eigenvalue weighted by molar-refractivity contribution is 0.418. The second-order valence-electron chi connectivity index (χ2n) is 4.17. The zero-order valence-electron chi connectivity index (χ0n) is 9.08. The van der Waals surface area contributed by atoms with E-state index in [1.165, 1.54) is 5.69 Å². The van der Waals surface area contributed by atoms with E-state index < -0.39 is 0 Å². The Morgan fingerprint density at radius 1 is 1.25 bits per heavy atom. The normalized spacial score (nSPS) is 16.2. The molecular weight excluding hydrogens is 202 g/mol. The van der Waals surface area contributed by atoms with Crippen LogP contribution in [0.4, 0.5) is 0 Å². The fraction of sp³-hybridized carbons (Fsp3) is 0.455. The fourth-order valence-electron chi connectivity index (χ4n) is 2.00. The number of nitrogens with one attached hydrogen (secondary N) is 1. The highest BCUT2D eigenvalue weighted by Crippen LogP contribution is 2.19. The zero-order valence-corrected chi connectivity index (χ0v) is 9.08. The molecule has 5 heteroatoms. The first-order valence-corrected chi connectivity index (χ1v) is 5.60. The van der Waals surface area contributed by atoms with E-state index in [4.69, 9.17) is 0 Å². The molecule has 0 saturated carbocycles. The van der Waals surface area contributed by atoms with Crippen LogP contribution in [-0.4, -0.2) is 32.2 Å². The SMILES string of the molecule is c1cn(CCn2cncc2C2CNC2)cn1. The maximum absolute atomic E-state index is 4.24. The van der Waals surface area contributed by atoms with E-state index in [1.54, 1.807) is 0 Å². The van der Waals surface area contributed by atoms with E-state index >= 15 is 0 Å². The molecule has 5 nitrogen and oxygen atoms in total. The van der Waals surface area contributed by atoms with Crippen molar-refractivity contribution in [3.8, 4) is 0 Å². The van der Waals surface area contributed by atoms with Crippen molar-refractivity contribution in [1.29, 1.82) is 0 Å². The van der Waals surface area contributed by atoms with Crippen molar-refractivity contribution in [2.24, 2.45) is 0 Å². The highest BCUT2D eigenvalue weighted by molar-refractivity contribution is 5.11. The molecule has 2 aromatic rings. The first kappa shape index (κ1) is 9.59. The van der Waals surface area contributed by atoms with Crippen LogP contribution >= 0.6 is 0 Å². The maximum atomic E-state index is 4.24. The number of rotatable bonds is 4. The summed E-state index contributed by atoms with van der Waals surface area (Å²) in [6, 6.07) is 0. The molecule has 0 radical (unpaired) electrons. The first-order chi connectivity index (χ1) is 7.93. The molecule has 1 saturated heterocycles. The summed E-state index contributed by atoms with van der Waals surface area (Å²) in [4.78, 5) is 8.27. The molecular formula is C11H15N5. The van der Waals surface area contributed by atoms with Crippen molar-refractivity contribution >= 4 is 0 Å². The van der Waals surface area contributed by atoms with Crippen LogP contribution < -0.4 is 5.32 Å². The minimum Gasteiger partial charge on any atom is -0.336 e. The molecule has 1 fully saturated rings. The maximum Gasteiger partial charge on any atom is 0.0948 e. The first-order valence-electron chi connectivity index (χ1n) is 5.60. The van der Waals surface area contributed by atoms with Crippen molar-refractivity contribution in [2.45, 2.75) is 19.0 Å². The van der Waals surface area contributed by atoms with Crippen LogP contribution in [0, 0.1) is 0 Å². The fourth-order valence-corrected chi connectivity index (χ4v) is 2.00. The number of nitrogens with zero attached hydrogens (tertiary/aromatic N) is 4. The van der Waals surface area contributed by atoms with E-state index in [1.807, 2.05) is 31.2 Å². The quantitative estimate of drug-likeness (QED) is 0.809.